The Labute approximate surface area is 120 Å². The molecule has 2 aromatic rings. The lowest BCUT2D eigenvalue weighted by molar-refractivity contribution is 0.0949. The van der Waals surface area contributed by atoms with Gasteiger partial charge in [-0.05, 0) is 29.7 Å². The molecular weight excluding hydrogens is 271 g/mol. The Morgan fingerprint density at radius 2 is 2.24 bits per heavy atom. The lowest BCUT2D eigenvalue weighted by Crippen LogP contribution is -2.32. The highest BCUT2D eigenvalue weighted by Crippen LogP contribution is 2.14. The molecule has 106 valence electrons. The number of rotatable bonds is 4. The number of aromatic nitrogens is 1. The van der Waals surface area contributed by atoms with Crippen molar-refractivity contribution < 1.29 is 9.18 Å². The molecule has 0 aliphatic heterocycles. The monoisotopic (exact) mass is 284 g/mol. The van der Waals surface area contributed by atoms with Crippen molar-refractivity contribution in [1.29, 1.82) is 0 Å². The van der Waals surface area contributed by atoms with E-state index in [-0.39, 0.29) is 24.3 Å². The van der Waals surface area contributed by atoms with Crippen molar-refractivity contribution >= 4 is 16.7 Å². The van der Waals surface area contributed by atoms with Crippen LogP contribution in [0.25, 0.3) is 10.8 Å². The van der Waals surface area contributed by atoms with E-state index >= 15 is 0 Å². The SMILES string of the molecule is C#CCNC(=O)c1cc2cc(F)ccc2c(=O)n1CC=C. The molecule has 1 aromatic heterocycles. The molecule has 0 fully saturated rings. The van der Waals surface area contributed by atoms with E-state index in [1.165, 1.54) is 34.9 Å². The summed E-state index contributed by atoms with van der Waals surface area (Å²) in [5.41, 5.74) is -0.258. The van der Waals surface area contributed by atoms with Crippen LogP contribution in [-0.2, 0) is 6.54 Å². The molecule has 2 rings (SSSR count). The summed E-state index contributed by atoms with van der Waals surface area (Å²) in [6.07, 6.45) is 6.60. The zero-order valence-electron chi connectivity index (χ0n) is 11.2. The highest BCUT2D eigenvalue weighted by Gasteiger charge is 2.14. The second-order valence-electron chi connectivity index (χ2n) is 4.35. The van der Waals surface area contributed by atoms with Gasteiger partial charge >= 0.3 is 0 Å². The van der Waals surface area contributed by atoms with E-state index < -0.39 is 11.7 Å². The maximum absolute atomic E-state index is 13.3. The molecule has 0 aliphatic rings. The van der Waals surface area contributed by atoms with Gasteiger partial charge in [0.2, 0.25) is 0 Å². The van der Waals surface area contributed by atoms with Crippen LogP contribution in [0, 0.1) is 18.2 Å². The van der Waals surface area contributed by atoms with Crippen molar-refractivity contribution in [2.75, 3.05) is 6.54 Å². The van der Waals surface area contributed by atoms with E-state index in [9.17, 15) is 14.0 Å². The molecule has 0 saturated heterocycles. The Balaban J connectivity index is 2.69. The number of hydrogen-bond acceptors (Lipinski definition) is 2. The number of pyridine rings is 1. The Morgan fingerprint density at radius 1 is 1.48 bits per heavy atom. The van der Waals surface area contributed by atoms with Crippen LogP contribution in [0.15, 0.2) is 41.7 Å². The number of carbonyl (C=O) groups is 1. The van der Waals surface area contributed by atoms with Crippen LogP contribution in [0.1, 0.15) is 10.5 Å². The van der Waals surface area contributed by atoms with E-state index in [1.54, 1.807) is 0 Å². The van der Waals surface area contributed by atoms with Crippen LogP contribution < -0.4 is 10.9 Å². The lowest BCUT2D eigenvalue weighted by Gasteiger charge is -2.12. The Hall–Kier alpha value is -2.87. The third kappa shape index (κ3) is 2.84. The fourth-order valence-electron chi connectivity index (χ4n) is 2.05. The smallest absolute Gasteiger partial charge is 0.268 e. The van der Waals surface area contributed by atoms with E-state index in [0.717, 1.165) is 0 Å². The molecule has 0 bridgehead atoms. The van der Waals surface area contributed by atoms with Gasteiger partial charge in [-0.15, -0.1) is 13.0 Å². The first-order valence-corrected chi connectivity index (χ1v) is 6.24. The summed E-state index contributed by atoms with van der Waals surface area (Å²) in [5, 5.41) is 3.20. The molecule has 0 atom stereocenters. The first-order valence-electron chi connectivity index (χ1n) is 6.24. The fourth-order valence-corrected chi connectivity index (χ4v) is 2.05. The highest BCUT2D eigenvalue weighted by atomic mass is 19.1. The second-order valence-corrected chi connectivity index (χ2v) is 4.35. The number of terminal acetylenes is 1. The summed E-state index contributed by atoms with van der Waals surface area (Å²) in [6.45, 7) is 3.79. The molecule has 0 saturated carbocycles. The number of benzene rings is 1. The van der Waals surface area contributed by atoms with Gasteiger partial charge in [-0.2, -0.15) is 0 Å². The van der Waals surface area contributed by atoms with Gasteiger partial charge in [-0.25, -0.2) is 4.39 Å². The predicted octanol–water partition coefficient (Wildman–Crippen LogP) is 1.69. The third-order valence-corrected chi connectivity index (χ3v) is 2.97. The number of allylic oxidation sites excluding steroid dienone is 1. The molecule has 0 radical (unpaired) electrons. The number of carbonyl (C=O) groups excluding carboxylic acids is 1. The summed E-state index contributed by atoms with van der Waals surface area (Å²) in [4.78, 5) is 24.5. The summed E-state index contributed by atoms with van der Waals surface area (Å²) in [6, 6.07) is 5.29. The first-order chi connectivity index (χ1) is 10.1. The predicted molar refractivity (Wildman–Crippen MR) is 79.5 cm³/mol. The minimum absolute atomic E-state index is 0.0439. The molecule has 1 heterocycles. The second kappa shape index (κ2) is 6.06. The fraction of sp³-hybridized carbons (Fsp3) is 0.125. The average molecular weight is 284 g/mol. The molecule has 0 aliphatic carbocycles. The van der Waals surface area contributed by atoms with E-state index in [1.807, 2.05) is 0 Å². The van der Waals surface area contributed by atoms with Gasteiger partial charge in [0.15, 0.2) is 0 Å². The van der Waals surface area contributed by atoms with Crippen molar-refractivity contribution in [2.45, 2.75) is 6.54 Å². The van der Waals surface area contributed by atoms with Gasteiger partial charge in [0.1, 0.15) is 11.5 Å². The summed E-state index contributed by atoms with van der Waals surface area (Å²) >= 11 is 0. The molecular formula is C16H13FN2O2. The third-order valence-electron chi connectivity index (χ3n) is 2.97. The first kappa shape index (κ1) is 14.5. The summed E-state index contributed by atoms with van der Waals surface area (Å²) < 4.78 is 14.6. The maximum atomic E-state index is 13.3. The van der Waals surface area contributed by atoms with Crippen LogP contribution in [0.5, 0.6) is 0 Å². The maximum Gasteiger partial charge on any atom is 0.268 e. The van der Waals surface area contributed by atoms with Gasteiger partial charge in [0.25, 0.3) is 11.5 Å². The van der Waals surface area contributed by atoms with Crippen molar-refractivity contribution in [3.05, 3.63) is 58.8 Å². The van der Waals surface area contributed by atoms with Crippen molar-refractivity contribution in [3.63, 3.8) is 0 Å². The Bertz CT molecular complexity index is 815. The van der Waals surface area contributed by atoms with E-state index in [0.29, 0.717) is 10.8 Å². The Kier molecular flexibility index (Phi) is 4.19. The molecule has 5 heteroatoms. The number of halogens is 1. The molecule has 1 aromatic carbocycles. The molecule has 4 nitrogen and oxygen atoms in total. The highest BCUT2D eigenvalue weighted by molar-refractivity contribution is 5.96. The number of hydrogen-bond donors (Lipinski definition) is 1. The van der Waals surface area contributed by atoms with Crippen molar-refractivity contribution in [2.24, 2.45) is 0 Å². The molecule has 21 heavy (non-hydrogen) atoms. The van der Waals surface area contributed by atoms with Gasteiger partial charge in [0, 0.05) is 11.9 Å². The van der Waals surface area contributed by atoms with Crippen LogP contribution in [-0.4, -0.2) is 17.0 Å². The van der Waals surface area contributed by atoms with Crippen molar-refractivity contribution in [1.82, 2.24) is 9.88 Å². The van der Waals surface area contributed by atoms with Gasteiger partial charge in [-0.3, -0.25) is 14.2 Å². The zero-order valence-corrected chi connectivity index (χ0v) is 11.2. The number of amides is 1. The van der Waals surface area contributed by atoms with E-state index in [4.69, 9.17) is 6.42 Å². The quantitative estimate of drug-likeness (QED) is 0.686. The molecule has 0 spiro atoms. The van der Waals surface area contributed by atoms with Crippen LogP contribution in [0.4, 0.5) is 4.39 Å². The standard InChI is InChI=1S/C16H13FN2O2/c1-3-7-18-15(20)14-10-11-9-12(17)5-6-13(11)16(21)19(14)8-4-2/h1,4-6,9-10H,2,7-8H2,(H,18,20). The molecule has 1 N–H and O–H groups in total. The number of fused-ring (bicyclic) bond motifs is 1. The minimum Gasteiger partial charge on any atom is -0.340 e. The Morgan fingerprint density at radius 3 is 2.90 bits per heavy atom. The van der Waals surface area contributed by atoms with Gasteiger partial charge in [0.05, 0.1) is 6.54 Å². The normalized spacial score (nSPS) is 10.1. The number of nitrogens with one attached hydrogen (secondary N) is 1. The average Bonchev–Trinajstić information content (AvgIpc) is 2.47. The molecule has 1 amide bonds. The van der Waals surface area contributed by atoms with Gasteiger partial charge in [-0.1, -0.05) is 12.0 Å². The minimum atomic E-state index is -0.488. The largest absolute Gasteiger partial charge is 0.340 e. The number of nitrogens with zero attached hydrogens (tertiary/aromatic N) is 1. The summed E-state index contributed by atoms with van der Waals surface area (Å²) in [5.74, 6) is 1.32. The van der Waals surface area contributed by atoms with Crippen LogP contribution >= 0.6 is 0 Å². The summed E-state index contributed by atoms with van der Waals surface area (Å²) in [7, 11) is 0. The van der Waals surface area contributed by atoms with Crippen LogP contribution in [0.3, 0.4) is 0 Å². The van der Waals surface area contributed by atoms with E-state index in [2.05, 4.69) is 17.8 Å². The van der Waals surface area contributed by atoms with Crippen molar-refractivity contribution in [3.8, 4) is 12.3 Å². The topological polar surface area (TPSA) is 51.1 Å². The van der Waals surface area contributed by atoms with Gasteiger partial charge < -0.3 is 5.32 Å². The van der Waals surface area contributed by atoms with Crippen LogP contribution in [0.2, 0.25) is 0 Å². The zero-order chi connectivity index (χ0) is 15.4. The lowest BCUT2D eigenvalue weighted by atomic mass is 10.1. The molecule has 0 unspecified atom stereocenters.